The van der Waals surface area contributed by atoms with Gasteiger partial charge >= 0.3 is 0 Å². The van der Waals surface area contributed by atoms with Gasteiger partial charge in [0.1, 0.15) is 0 Å². The van der Waals surface area contributed by atoms with Crippen molar-refractivity contribution in [1.82, 2.24) is 14.5 Å². The maximum absolute atomic E-state index is 12.9. The lowest BCUT2D eigenvalue weighted by atomic mass is 10.1. The third kappa shape index (κ3) is 5.72. The van der Waals surface area contributed by atoms with Crippen molar-refractivity contribution >= 4 is 27.5 Å². The molecule has 1 saturated heterocycles. The van der Waals surface area contributed by atoms with E-state index in [2.05, 4.69) is 10.2 Å². The van der Waals surface area contributed by atoms with Crippen molar-refractivity contribution in [3.63, 3.8) is 0 Å². The van der Waals surface area contributed by atoms with Gasteiger partial charge in [-0.25, -0.2) is 8.42 Å². The van der Waals surface area contributed by atoms with Crippen LogP contribution in [-0.4, -0.2) is 75.3 Å². The van der Waals surface area contributed by atoms with Gasteiger partial charge in [0, 0.05) is 50.5 Å². The second-order valence-corrected chi connectivity index (χ2v) is 9.86. The fraction of sp³-hybridized carbons (Fsp3) is 0.417. The fourth-order valence-corrected chi connectivity index (χ4v) is 5.65. The van der Waals surface area contributed by atoms with E-state index in [0.717, 1.165) is 18.8 Å². The van der Waals surface area contributed by atoms with E-state index in [-0.39, 0.29) is 22.9 Å². The highest BCUT2D eigenvalue weighted by Gasteiger charge is 2.25. The van der Waals surface area contributed by atoms with E-state index in [0.29, 0.717) is 31.7 Å². The van der Waals surface area contributed by atoms with E-state index in [1.54, 1.807) is 37.8 Å². The third-order valence-corrected chi connectivity index (χ3v) is 8.12. The Labute approximate surface area is 196 Å². The summed E-state index contributed by atoms with van der Waals surface area (Å²) >= 11 is 0. The summed E-state index contributed by atoms with van der Waals surface area (Å²) < 4.78 is 27.2. The van der Waals surface area contributed by atoms with Crippen LogP contribution in [0.15, 0.2) is 53.4 Å². The Morgan fingerprint density at radius 1 is 0.970 bits per heavy atom. The van der Waals surface area contributed by atoms with Crippen LogP contribution in [0.4, 0.5) is 5.69 Å². The van der Waals surface area contributed by atoms with Crippen molar-refractivity contribution in [3.05, 3.63) is 59.7 Å². The molecular weight excluding hydrogens is 440 g/mol. The quantitative estimate of drug-likeness (QED) is 0.636. The van der Waals surface area contributed by atoms with Crippen LogP contribution < -0.4 is 10.2 Å². The highest BCUT2D eigenvalue weighted by molar-refractivity contribution is 7.89. The number of rotatable bonds is 8. The molecule has 178 valence electrons. The fourth-order valence-electron chi connectivity index (χ4n) is 3.94. The Balaban J connectivity index is 1.59. The summed E-state index contributed by atoms with van der Waals surface area (Å²) in [6.45, 7) is 8.45. The van der Waals surface area contributed by atoms with Gasteiger partial charge in [0.2, 0.25) is 15.9 Å². The number of aryl methyl sites for hydroxylation is 1. The molecule has 2 aromatic carbocycles. The standard InChI is InChI=1S/C24H32N4O4S/c1-4-28(5-2)33(31,32)22-17-20(12-11-19(22)3)24(30)25-18-23(29)27-15-13-26(14-16-27)21-9-7-6-8-10-21/h6-12,17H,4-5,13-16,18H2,1-3H3,(H,25,30). The molecule has 0 atom stereocenters. The van der Waals surface area contributed by atoms with Crippen LogP contribution in [0, 0.1) is 6.92 Å². The molecule has 1 N–H and O–H groups in total. The van der Waals surface area contributed by atoms with Gasteiger partial charge in [0.25, 0.3) is 5.91 Å². The number of para-hydroxylation sites is 1. The number of hydrogen-bond donors (Lipinski definition) is 1. The maximum atomic E-state index is 12.9. The Morgan fingerprint density at radius 3 is 2.21 bits per heavy atom. The third-order valence-electron chi connectivity index (χ3n) is 5.93. The van der Waals surface area contributed by atoms with Crippen molar-refractivity contribution in [2.45, 2.75) is 25.7 Å². The smallest absolute Gasteiger partial charge is 0.251 e. The van der Waals surface area contributed by atoms with Crippen LogP contribution in [0.5, 0.6) is 0 Å². The highest BCUT2D eigenvalue weighted by Crippen LogP contribution is 2.21. The molecular formula is C24H32N4O4S. The molecule has 0 saturated carbocycles. The lowest BCUT2D eigenvalue weighted by molar-refractivity contribution is -0.130. The number of hydrogen-bond acceptors (Lipinski definition) is 5. The van der Waals surface area contributed by atoms with E-state index in [4.69, 9.17) is 0 Å². The zero-order valence-corrected chi connectivity index (χ0v) is 20.3. The zero-order valence-electron chi connectivity index (χ0n) is 19.5. The average Bonchev–Trinajstić information content (AvgIpc) is 2.83. The van der Waals surface area contributed by atoms with Crippen LogP contribution in [0.3, 0.4) is 0 Å². The largest absolute Gasteiger partial charge is 0.368 e. The molecule has 0 aliphatic carbocycles. The normalized spacial score (nSPS) is 14.4. The van der Waals surface area contributed by atoms with E-state index >= 15 is 0 Å². The molecule has 2 aromatic rings. The maximum Gasteiger partial charge on any atom is 0.251 e. The molecule has 8 nitrogen and oxygen atoms in total. The van der Waals surface area contributed by atoms with Crippen LogP contribution >= 0.6 is 0 Å². The number of benzene rings is 2. The first-order valence-corrected chi connectivity index (χ1v) is 12.7. The topological polar surface area (TPSA) is 90.0 Å². The van der Waals surface area contributed by atoms with Gasteiger partial charge in [-0.3, -0.25) is 9.59 Å². The number of anilines is 1. The van der Waals surface area contributed by atoms with Gasteiger partial charge in [0.05, 0.1) is 11.4 Å². The number of nitrogens with one attached hydrogen (secondary N) is 1. The molecule has 0 bridgehead atoms. The van der Waals surface area contributed by atoms with E-state index < -0.39 is 15.9 Å². The molecule has 1 heterocycles. The molecule has 1 aliphatic rings. The highest BCUT2D eigenvalue weighted by atomic mass is 32.2. The molecule has 0 radical (unpaired) electrons. The van der Waals surface area contributed by atoms with Crippen molar-refractivity contribution in [2.24, 2.45) is 0 Å². The molecule has 1 fully saturated rings. The van der Waals surface area contributed by atoms with E-state index in [1.807, 2.05) is 30.3 Å². The SMILES string of the molecule is CCN(CC)S(=O)(=O)c1cc(C(=O)NCC(=O)N2CCN(c3ccccc3)CC2)ccc1C. The van der Waals surface area contributed by atoms with E-state index in [9.17, 15) is 18.0 Å². The average molecular weight is 473 g/mol. The van der Waals surface area contributed by atoms with Gasteiger partial charge in [-0.1, -0.05) is 38.1 Å². The number of piperazine rings is 1. The molecule has 0 spiro atoms. The summed E-state index contributed by atoms with van der Waals surface area (Å²) in [6, 6.07) is 14.6. The molecule has 3 rings (SSSR count). The van der Waals surface area contributed by atoms with Crippen LogP contribution in [-0.2, 0) is 14.8 Å². The summed E-state index contributed by atoms with van der Waals surface area (Å²) in [5.74, 6) is -0.624. The van der Waals surface area contributed by atoms with Crippen molar-refractivity contribution in [1.29, 1.82) is 0 Å². The summed E-state index contributed by atoms with van der Waals surface area (Å²) in [5.41, 5.74) is 1.92. The zero-order chi connectivity index (χ0) is 24.0. The first kappa shape index (κ1) is 24.7. The Kier molecular flexibility index (Phi) is 8.10. The lowest BCUT2D eigenvalue weighted by Crippen LogP contribution is -2.51. The Morgan fingerprint density at radius 2 is 1.61 bits per heavy atom. The number of amides is 2. The number of sulfonamides is 1. The molecule has 0 unspecified atom stereocenters. The molecule has 2 amide bonds. The van der Waals surface area contributed by atoms with Gasteiger partial charge in [-0.15, -0.1) is 0 Å². The van der Waals surface area contributed by atoms with Gasteiger partial charge in [-0.2, -0.15) is 4.31 Å². The predicted molar refractivity (Wildman–Crippen MR) is 129 cm³/mol. The van der Waals surface area contributed by atoms with Crippen LogP contribution in [0.1, 0.15) is 29.8 Å². The van der Waals surface area contributed by atoms with Gasteiger partial charge < -0.3 is 15.1 Å². The predicted octanol–water partition coefficient (Wildman–Crippen LogP) is 2.10. The first-order chi connectivity index (χ1) is 15.8. The molecule has 33 heavy (non-hydrogen) atoms. The van der Waals surface area contributed by atoms with Crippen molar-refractivity contribution in [2.75, 3.05) is 50.7 Å². The lowest BCUT2D eigenvalue weighted by Gasteiger charge is -2.36. The Bertz CT molecular complexity index is 1080. The minimum absolute atomic E-state index is 0.113. The minimum Gasteiger partial charge on any atom is -0.368 e. The molecule has 9 heteroatoms. The summed E-state index contributed by atoms with van der Waals surface area (Å²) in [7, 11) is -3.69. The monoisotopic (exact) mass is 472 g/mol. The van der Waals surface area contributed by atoms with Crippen LogP contribution in [0.25, 0.3) is 0 Å². The number of nitrogens with zero attached hydrogens (tertiary/aromatic N) is 3. The number of carbonyl (C=O) groups excluding carboxylic acids is 2. The number of carbonyl (C=O) groups is 2. The summed E-state index contributed by atoms with van der Waals surface area (Å²) in [6.07, 6.45) is 0. The summed E-state index contributed by atoms with van der Waals surface area (Å²) in [5, 5.41) is 2.64. The second kappa shape index (κ2) is 10.8. The Hall–Kier alpha value is -2.91. The molecule has 0 aromatic heterocycles. The van der Waals surface area contributed by atoms with E-state index in [1.165, 1.54) is 10.4 Å². The van der Waals surface area contributed by atoms with Crippen molar-refractivity contribution < 1.29 is 18.0 Å². The molecule has 1 aliphatic heterocycles. The second-order valence-electron chi connectivity index (χ2n) is 7.96. The summed E-state index contributed by atoms with van der Waals surface area (Å²) in [4.78, 5) is 29.4. The van der Waals surface area contributed by atoms with Crippen molar-refractivity contribution in [3.8, 4) is 0 Å². The van der Waals surface area contributed by atoms with Gasteiger partial charge in [0.15, 0.2) is 0 Å². The minimum atomic E-state index is -3.69. The van der Waals surface area contributed by atoms with Gasteiger partial charge in [-0.05, 0) is 36.8 Å². The first-order valence-electron chi connectivity index (χ1n) is 11.2. The van der Waals surface area contributed by atoms with Crippen LogP contribution in [0.2, 0.25) is 0 Å².